The molecule has 0 spiro atoms. The zero-order valence-electron chi connectivity index (χ0n) is 13.1. The molecule has 0 saturated heterocycles. The molecule has 0 aromatic heterocycles. The Kier molecular flexibility index (Phi) is 4.89. The van der Waals surface area contributed by atoms with Gasteiger partial charge in [-0.2, -0.15) is 0 Å². The third kappa shape index (κ3) is 4.00. The van der Waals surface area contributed by atoms with E-state index in [-0.39, 0.29) is 5.91 Å². The molecule has 0 radical (unpaired) electrons. The molecule has 0 aliphatic carbocycles. The number of hydrogen-bond donors (Lipinski definition) is 2. The Hall–Kier alpha value is -3.11. The van der Waals surface area contributed by atoms with Gasteiger partial charge < -0.3 is 15.8 Å². The Bertz CT molecular complexity index is 804. The first-order chi connectivity index (χ1) is 11.7. The summed E-state index contributed by atoms with van der Waals surface area (Å²) in [4.78, 5) is 12.3. The van der Waals surface area contributed by atoms with Crippen LogP contribution in [0.25, 0.3) is 0 Å². The summed E-state index contributed by atoms with van der Waals surface area (Å²) in [6, 6.07) is 25.2. The first-order valence-corrected chi connectivity index (χ1v) is 7.67. The Morgan fingerprint density at radius 2 is 1.46 bits per heavy atom. The predicted molar refractivity (Wildman–Crippen MR) is 95.0 cm³/mol. The highest BCUT2D eigenvalue weighted by Crippen LogP contribution is 2.24. The van der Waals surface area contributed by atoms with E-state index in [1.165, 1.54) is 0 Å². The number of nitrogens with one attached hydrogen (secondary N) is 1. The molecular formula is C20H18N2O2. The first kappa shape index (κ1) is 15.8. The highest BCUT2D eigenvalue weighted by Gasteiger charge is 2.15. The molecule has 0 saturated carbocycles. The predicted octanol–water partition coefficient (Wildman–Crippen LogP) is 4.12. The van der Waals surface area contributed by atoms with E-state index in [4.69, 9.17) is 10.5 Å². The van der Waals surface area contributed by atoms with Gasteiger partial charge in [0.2, 0.25) is 5.91 Å². The highest BCUT2D eigenvalue weighted by atomic mass is 16.5. The molecule has 3 rings (SSSR count). The van der Waals surface area contributed by atoms with E-state index in [9.17, 15) is 4.79 Å². The van der Waals surface area contributed by atoms with E-state index in [0.717, 1.165) is 11.3 Å². The van der Waals surface area contributed by atoms with Crippen LogP contribution >= 0.6 is 0 Å². The van der Waals surface area contributed by atoms with Crippen molar-refractivity contribution in [3.05, 3.63) is 90.5 Å². The van der Waals surface area contributed by atoms with Crippen LogP contribution in [-0.4, -0.2) is 5.91 Å². The molecule has 3 N–H and O–H groups in total. The second-order valence-electron chi connectivity index (χ2n) is 5.32. The molecule has 0 heterocycles. The third-order valence-electron chi connectivity index (χ3n) is 3.52. The van der Waals surface area contributed by atoms with Crippen molar-refractivity contribution < 1.29 is 9.53 Å². The first-order valence-electron chi connectivity index (χ1n) is 7.67. The standard InChI is InChI=1S/C20H18N2O2/c21-19(15-8-3-1-4-9-15)20(23)22-16-10-7-13-18(14-16)24-17-11-5-2-6-12-17/h1-14,19H,21H2,(H,22,23). The fourth-order valence-electron chi connectivity index (χ4n) is 2.29. The second kappa shape index (κ2) is 7.44. The molecule has 4 heteroatoms. The summed E-state index contributed by atoms with van der Waals surface area (Å²) in [6.45, 7) is 0. The maximum absolute atomic E-state index is 12.3. The van der Waals surface area contributed by atoms with Crippen molar-refractivity contribution in [2.45, 2.75) is 6.04 Å². The van der Waals surface area contributed by atoms with Gasteiger partial charge in [0.1, 0.15) is 17.5 Å². The van der Waals surface area contributed by atoms with Crippen LogP contribution in [0.5, 0.6) is 11.5 Å². The van der Waals surface area contributed by atoms with Gasteiger partial charge in [0.15, 0.2) is 0 Å². The monoisotopic (exact) mass is 318 g/mol. The number of para-hydroxylation sites is 1. The van der Waals surface area contributed by atoms with E-state index in [2.05, 4.69) is 5.32 Å². The Balaban J connectivity index is 1.69. The van der Waals surface area contributed by atoms with Gasteiger partial charge in [-0.05, 0) is 29.8 Å². The van der Waals surface area contributed by atoms with Crippen molar-refractivity contribution in [3.8, 4) is 11.5 Å². The topological polar surface area (TPSA) is 64.4 Å². The summed E-state index contributed by atoms with van der Waals surface area (Å²) in [5.74, 6) is 1.12. The fraction of sp³-hybridized carbons (Fsp3) is 0.0500. The summed E-state index contributed by atoms with van der Waals surface area (Å²) >= 11 is 0. The number of anilines is 1. The van der Waals surface area contributed by atoms with Crippen LogP contribution in [0.3, 0.4) is 0 Å². The minimum absolute atomic E-state index is 0.266. The van der Waals surface area contributed by atoms with Gasteiger partial charge >= 0.3 is 0 Å². The zero-order valence-corrected chi connectivity index (χ0v) is 13.1. The molecule has 24 heavy (non-hydrogen) atoms. The van der Waals surface area contributed by atoms with Crippen molar-refractivity contribution in [2.75, 3.05) is 5.32 Å². The molecule has 0 aliphatic rings. The number of benzene rings is 3. The molecule has 3 aromatic carbocycles. The smallest absolute Gasteiger partial charge is 0.245 e. The van der Waals surface area contributed by atoms with E-state index in [1.54, 1.807) is 12.1 Å². The number of carbonyl (C=O) groups is 1. The number of rotatable bonds is 5. The minimum Gasteiger partial charge on any atom is -0.457 e. The molecule has 3 aromatic rings. The molecular weight excluding hydrogens is 300 g/mol. The molecule has 120 valence electrons. The lowest BCUT2D eigenvalue weighted by Gasteiger charge is -2.13. The largest absolute Gasteiger partial charge is 0.457 e. The van der Waals surface area contributed by atoms with E-state index in [0.29, 0.717) is 11.4 Å². The Labute approximate surface area is 140 Å². The van der Waals surface area contributed by atoms with Gasteiger partial charge in [0, 0.05) is 11.8 Å². The molecule has 1 amide bonds. The van der Waals surface area contributed by atoms with Gasteiger partial charge in [-0.1, -0.05) is 54.6 Å². The summed E-state index contributed by atoms with van der Waals surface area (Å²) in [6.07, 6.45) is 0. The van der Waals surface area contributed by atoms with Crippen LogP contribution in [0.2, 0.25) is 0 Å². The van der Waals surface area contributed by atoms with Gasteiger partial charge in [0.25, 0.3) is 0 Å². The Morgan fingerprint density at radius 3 is 2.17 bits per heavy atom. The van der Waals surface area contributed by atoms with Gasteiger partial charge in [0.05, 0.1) is 0 Å². The van der Waals surface area contributed by atoms with Gasteiger partial charge in [-0.15, -0.1) is 0 Å². The fourth-order valence-corrected chi connectivity index (χ4v) is 2.29. The number of carbonyl (C=O) groups excluding carboxylic acids is 1. The van der Waals surface area contributed by atoms with E-state index < -0.39 is 6.04 Å². The van der Waals surface area contributed by atoms with Crippen molar-refractivity contribution in [3.63, 3.8) is 0 Å². The minimum atomic E-state index is -0.718. The average molecular weight is 318 g/mol. The van der Waals surface area contributed by atoms with Crippen molar-refractivity contribution >= 4 is 11.6 Å². The summed E-state index contributed by atoms with van der Waals surface area (Å²) in [5, 5.41) is 2.82. The van der Waals surface area contributed by atoms with Crippen LogP contribution in [0.1, 0.15) is 11.6 Å². The second-order valence-corrected chi connectivity index (χ2v) is 5.32. The zero-order chi connectivity index (χ0) is 16.8. The summed E-state index contributed by atoms with van der Waals surface area (Å²) < 4.78 is 5.76. The van der Waals surface area contributed by atoms with Crippen LogP contribution < -0.4 is 15.8 Å². The molecule has 0 fully saturated rings. The SMILES string of the molecule is NC(C(=O)Nc1cccc(Oc2ccccc2)c1)c1ccccc1. The molecule has 1 unspecified atom stereocenters. The highest BCUT2D eigenvalue weighted by molar-refractivity contribution is 5.95. The number of nitrogens with two attached hydrogens (primary N) is 1. The quantitative estimate of drug-likeness (QED) is 0.744. The molecule has 0 aliphatic heterocycles. The number of amides is 1. The summed E-state index contributed by atoms with van der Waals surface area (Å²) in [7, 11) is 0. The van der Waals surface area contributed by atoms with Crippen LogP contribution in [0.4, 0.5) is 5.69 Å². The van der Waals surface area contributed by atoms with Crippen molar-refractivity contribution in [2.24, 2.45) is 5.73 Å². The Morgan fingerprint density at radius 1 is 0.833 bits per heavy atom. The van der Waals surface area contributed by atoms with Gasteiger partial charge in [-0.3, -0.25) is 4.79 Å². The number of ether oxygens (including phenoxy) is 1. The lowest BCUT2D eigenvalue weighted by atomic mass is 10.1. The maximum atomic E-state index is 12.3. The van der Waals surface area contributed by atoms with Crippen LogP contribution in [0.15, 0.2) is 84.9 Å². The normalized spacial score (nSPS) is 11.5. The van der Waals surface area contributed by atoms with Crippen molar-refractivity contribution in [1.29, 1.82) is 0 Å². The summed E-state index contributed by atoms with van der Waals surface area (Å²) in [5.41, 5.74) is 7.41. The molecule has 1 atom stereocenters. The third-order valence-corrected chi connectivity index (χ3v) is 3.52. The molecule has 0 bridgehead atoms. The number of hydrogen-bond acceptors (Lipinski definition) is 3. The van der Waals surface area contributed by atoms with Gasteiger partial charge in [-0.25, -0.2) is 0 Å². The van der Waals surface area contributed by atoms with Crippen LogP contribution in [0, 0.1) is 0 Å². The lowest BCUT2D eigenvalue weighted by Crippen LogP contribution is -2.27. The van der Waals surface area contributed by atoms with E-state index >= 15 is 0 Å². The maximum Gasteiger partial charge on any atom is 0.245 e. The van der Waals surface area contributed by atoms with Crippen LogP contribution in [-0.2, 0) is 4.79 Å². The average Bonchev–Trinajstić information content (AvgIpc) is 2.63. The lowest BCUT2D eigenvalue weighted by molar-refractivity contribution is -0.117. The van der Waals surface area contributed by atoms with E-state index in [1.807, 2.05) is 72.8 Å². The van der Waals surface area contributed by atoms with Crippen molar-refractivity contribution in [1.82, 2.24) is 0 Å². The molecule has 4 nitrogen and oxygen atoms in total.